The Morgan fingerprint density at radius 2 is 2.12 bits per heavy atom. The third kappa shape index (κ3) is 3.40. The van der Waals surface area contributed by atoms with Gasteiger partial charge in [0, 0.05) is 18.3 Å². The van der Waals surface area contributed by atoms with E-state index < -0.39 is 0 Å². The lowest BCUT2D eigenvalue weighted by atomic mass is 9.84. The minimum Gasteiger partial charge on any atom is -0.362 e. The molecule has 3 heteroatoms. The van der Waals surface area contributed by atoms with Crippen LogP contribution in [0.4, 0.5) is 0 Å². The van der Waals surface area contributed by atoms with Crippen molar-refractivity contribution in [1.82, 2.24) is 5.32 Å². The molecule has 2 nitrogen and oxygen atoms in total. The zero-order valence-electron chi connectivity index (χ0n) is 11.3. The number of hydrogen-bond acceptors (Lipinski definition) is 2. The number of nitrogens with one attached hydrogen (secondary N) is 1. The smallest absolute Gasteiger partial charge is 0.156 e. The second-order valence-electron chi connectivity index (χ2n) is 5.57. The first-order valence-electron chi connectivity index (χ1n) is 7.22. The minimum atomic E-state index is 0.536. The Morgan fingerprint density at radius 1 is 1.35 bits per heavy atom. The van der Waals surface area contributed by atoms with Crippen molar-refractivity contribution < 1.29 is 0 Å². The molecular formula is C14H26N2S. The van der Waals surface area contributed by atoms with Gasteiger partial charge in [0.2, 0.25) is 0 Å². The van der Waals surface area contributed by atoms with E-state index in [0.717, 1.165) is 6.54 Å². The van der Waals surface area contributed by atoms with Crippen LogP contribution in [0.3, 0.4) is 0 Å². The highest BCUT2D eigenvalue weighted by Gasteiger charge is 2.31. The Labute approximate surface area is 110 Å². The third-order valence-corrected chi connectivity index (χ3v) is 5.46. The van der Waals surface area contributed by atoms with E-state index in [-0.39, 0.29) is 0 Å². The van der Waals surface area contributed by atoms with Crippen LogP contribution in [0.1, 0.15) is 58.8 Å². The summed E-state index contributed by atoms with van der Waals surface area (Å²) in [6.07, 6.45) is 9.42. The molecule has 0 aromatic rings. The summed E-state index contributed by atoms with van der Waals surface area (Å²) in [5, 5.41) is 4.79. The number of aliphatic imine (C=N–C) groups is 1. The first-order chi connectivity index (χ1) is 8.28. The molecule has 17 heavy (non-hydrogen) atoms. The molecule has 0 aromatic heterocycles. The van der Waals surface area contributed by atoms with Gasteiger partial charge in [-0.15, -0.1) is 0 Å². The zero-order valence-corrected chi connectivity index (χ0v) is 12.1. The molecule has 1 aliphatic heterocycles. The normalized spacial score (nSPS) is 30.5. The monoisotopic (exact) mass is 254 g/mol. The van der Waals surface area contributed by atoms with Gasteiger partial charge in [-0.1, -0.05) is 38.5 Å². The lowest BCUT2D eigenvalue weighted by Crippen LogP contribution is -2.38. The third-order valence-electron chi connectivity index (χ3n) is 4.50. The molecule has 1 unspecified atom stereocenters. The number of hydrogen-bond donors (Lipinski definition) is 1. The standard InChI is InChI=1S/C14H26N2S/c1-3-12-7-10-17-13(16-12)15-11-14(4-2)8-5-6-9-14/h12H,3-11H2,1-2H3,(H,15,16). The van der Waals surface area contributed by atoms with Gasteiger partial charge in [0.1, 0.15) is 0 Å². The molecule has 1 N–H and O–H groups in total. The largest absolute Gasteiger partial charge is 0.362 e. The van der Waals surface area contributed by atoms with Crippen molar-refractivity contribution in [2.75, 3.05) is 12.3 Å². The maximum atomic E-state index is 4.87. The topological polar surface area (TPSA) is 24.4 Å². The highest BCUT2D eigenvalue weighted by molar-refractivity contribution is 8.13. The van der Waals surface area contributed by atoms with E-state index in [1.165, 1.54) is 55.9 Å². The van der Waals surface area contributed by atoms with E-state index in [4.69, 9.17) is 4.99 Å². The van der Waals surface area contributed by atoms with Gasteiger partial charge in [0.25, 0.3) is 0 Å². The molecule has 2 fully saturated rings. The minimum absolute atomic E-state index is 0.536. The molecule has 0 spiro atoms. The van der Waals surface area contributed by atoms with Gasteiger partial charge < -0.3 is 5.32 Å². The van der Waals surface area contributed by atoms with Crippen LogP contribution in [0.25, 0.3) is 0 Å². The summed E-state index contributed by atoms with van der Waals surface area (Å²) in [7, 11) is 0. The van der Waals surface area contributed by atoms with Gasteiger partial charge in [-0.2, -0.15) is 0 Å². The summed E-state index contributed by atoms with van der Waals surface area (Å²) >= 11 is 1.91. The second-order valence-corrected chi connectivity index (χ2v) is 6.65. The summed E-state index contributed by atoms with van der Waals surface area (Å²) < 4.78 is 0. The van der Waals surface area contributed by atoms with E-state index in [1.54, 1.807) is 0 Å². The lowest BCUT2D eigenvalue weighted by molar-refractivity contribution is 0.297. The van der Waals surface area contributed by atoms with Crippen LogP contribution in [0.15, 0.2) is 4.99 Å². The molecule has 1 saturated heterocycles. The fourth-order valence-corrected chi connectivity index (χ4v) is 3.97. The van der Waals surface area contributed by atoms with Crippen LogP contribution in [0.2, 0.25) is 0 Å². The molecular weight excluding hydrogens is 228 g/mol. The van der Waals surface area contributed by atoms with Crippen molar-refractivity contribution in [3.8, 4) is 0 Å². The summed E-state index contributed by atoms with van der Waals surface area (Å²) in [5.74, 6) is 1.24. The van der Waals surface area contributed by atoms with Gasteiger partial charge >= 0.3 is 0 Å². The van der Waals surface area contributed by atoms with Gasteiger partial charge in [0.05, 0.1) is 0 Å². The Morgan fingerprint density at radius 3 is 2.76 bits per heavy atom. The molecule has 98 valence electrons. The van der Waals surface area contributed by atoms with E-state index in [1.807, 2.05) is 11.8 Å². The van der Waals surface area contributed by atoms with Gasteiger partial charge in [-0.25, -0.2) is 0 Å². The summed E-state index contributed by atoms with van der Waals surface area (Å²) in [6, 6.07) is 0.663. The van der Waals surface area contributed by atoms with Gasteiger partial charge in [0.15, 0.2) is 5.17 Å². The lowest BCUT2D eigenvalue weighted by Gasteiger charge is -2.28. The molecule has 2 aliphatic rings. The van der Waals surface area contributed by atoms with Gasteiger partial charge in [-0.05, 0) is 37.5 Å². The fraction of sp³-hybridized carbons (Fsp3) is 0.929. The molecule has 0 bridgehead atoms. The first-order valence-corrected chi connectivity index (χ1v) is 8.20. The molecule has 0 radical (unpaired) electrons. The number of amidine groups is 1. The Balaban J connectivity index is 1.90. The molecule has 2 rings (SSSR count). The number of rotatable bonds is 4. The van der Waals surface area contributed by atoms with E-state index in [9.17, 15) is 0 Å². The van der Waals surface area contributed by atoms with Crippen LogP contribution in [-0.2, 0) is 0 Å². The number of nitrogens with zero attached hydrogens (tertiary/aromatic N) is 1. The maximum absolute atomic E-state index is 4.87. The van der Waals surface area contributed by atoms with Crippen LogP contribution < -0.4 is 5.32 Å². The van der Waals surface area contributed by atoms with Crippen molar-refractivity contribution in [2.45, 2.75) is 64.8 Å². The summed E-state index contributed by atoms with van der Waals surface area (Å²) in [5.41, 5.74) is 0.536. The average Bonchev–Trinajstić information content (AvgIpc) is 2.86. The van der Waals surface area contributed by atoms with E-state index in [2.05, 4.69) is 19.2 Å². The summed E-state index contributed by atoms with van der Waals surface area (Å²) in [6.45, 7) is 5.65. The summed E-state index contributed by atoms with van der Waals surface area (Å²) in [4.78, 5) is 4.87. The van der Waals surface area contributed by atoms with E-state index in [0.29, 0.717) is 11.5 Å². The van der Waals surface area contributed by atoms with Crippen LogP contribution in [0.5, 0.6) is 0 Å². The van der Waals surface area contributed by atoms with E-state index >= 15 is 0 Å². The van der Waals surface area contributed by atoms with Crippen molar-refractivity contribution >= 4 is 16.9 Å². The molecule has 0 aromatic carbocycles. The van der Waals surface area contributed by atoms with Crippen molar-refractivity contribution in [3.05, 3.63) is 0 Å². The first kappa shape index (κ1) is 13.3. The van der Waals surface area contributed by atoms with Crippen LogP contribution >= 0.6 is 11.8 Å². The highest BCUT2D eigenvalue weighted by Crippen LogP contribution is 2.41. The average molecular weight is 254 g/mol. The van der Waals surface area contributed by atoms with Crippen LogP contribution in [0, 0.1) is 5.41 Å². The molecule has 1 aliphatic carbocycles. The molecule has 1 atom stereocenters. The second kappa shape index (κ2) is 6.12. The van der Waals surface area contributed by atoms with Gasteiger partial charge in [-0.3, -0.25) is 4.99 Å². The maximum Gasteiger partial charge on any atom is 0.156 e. The Kier molecular flexibility index (Phi) is 4.78. The molecule has 1 heterocycles. The SMILES string of the molecule is CCC1CCSC(=NCC2(CC)CCCC2)N1. The predicted octanol–water partition coefficient (Wildman–Crippen LogP) is 3.82. The van der Waals surface area contributed by atoms with Crippen molar-refractivity contribution in [3.63, 3.8) is 0 Å². The Hall–Kier alpha value is -0.180. The quantitative estimate of drug-likeness (QED) is 0.825. The zero-order chi connectivity index (χ0) is 12.1. The molecule has 1 saturated carbocycles. The van der Waals surface area contributed by atoms with Crippen LogP contribution in [-0.4, -0.2) is 23.5 Å². The Bertz CT molecular complexity index is 269. The predicted molar refractivity (Wildman–Crippen MR) is 77.8 cm³/mol. The molecule has 0 amide bonds. The van der Waals surface area contributed by atoms with Crippen molar-refractivity contribution in [2.24, 2.45) is 10.4 Å². The highest BCUT2D eigenvalue weighted by atomic mass is 32.2. The fourth-order valence-electron chi connectivity index (χ4n) is 2.97. The number of thioether (sulfide) groups is 1. The van der Waals surface area contributed by atoms with Crippen molar-refractivity contribution in [1.29, 1.82) is 0 Å².